The number of hydrogen-bond acceptors (Lipinski definition) is 6. The third kappa shape index (κ3) is 19.7. The second kappa shape index (κ2) is 23.9. The zero-order chi connectivity index (χ0) is 26.1. The monoisotopic (exact) mass is 525 g/mol. The summed E-state index contributed by atoms with van der Waals surface area (Å²) in [5.41, 5.74) is 0. The molecule has 0 aromatic carbocycles. The van der Waals surface area contributed by atoms with E-state index in [-0.39, 0.29) is 23.3 Å². The van der Waals surface area contributed by atoms with E-state index in [0.29, 0.717) is 13.0 Å². The molecule has 1 heterocycles. The van der Waals surface area contributed by atoms with Gasteiger partial charge in [-0.2, -0.15) is 9.97 Å². The van der Waals surface area contributed by atoms with Crippen molar-refractivity contribution in [2.75, 3.05) is 6.61 Å². The highest BCUT2D eigenvalue weighted by molar-refractivity contribution is 6.28. The van der Waals surface area contributed by atoms with Crippen LogP contribution in [0.25, 0.3) is 0 Å². The molecule has 0 radical (unpaired) electrons. The lowest BCUT2D eigenvalue weighted by Gasteiger charge is -2.07. The SMILES string of the molecule is CCCCCCCCCCCCCCCCCC(=O)Oc1nc(Cl)nc(OCCCCCCCC)n1. The summed E-state index contributed by atoms with van der Waals surface area (Å²) >= 11 is 5.94. The molecule has 0 unspecified atom stereocenters. The van der Waals surface area contributed by atoms with Crippen LogP contribution in [0, 0.1) is 0 Å². The molecule has 0 saturated carbocycles. The van der Waals surface area contributed by atoms with Crippen LogP contribution in [0.5, 0.6) is 12.0 Å². The van der Waals surface area contributed by atoms with E-state index in [1.165, 1.54) is 109 Å². The van der Waals surface area contributed by atoms with Gasteiger partial charge in [-0.3, -0.25) is 4.79 Å². The van der Waals surface area contributed by atoms with Gasteiger partial charge in [0.1, 0.15) is 0 Å². The van der Waals surface area contributed by atoms with Crippen LogP contribution in [0.1, 0.15) is 155 Å². The molecule has 0 spiro atoms. The van der Waals surface area contributed by atoms with E-state index in [4.69, 9.17) is 21.1 Å². The number of nitrogens with zero attached hydrogens (tertiary/aromatic N) is 3. The van der Waals surface area contributed by atoms with E-state index in [1.807, 2.05) is 0 Å². The second-order valence-corrected chi connectivity index (χ2v) is 10.3. The number of halogens is 1. The fourth-order valence-corrected chi connectivity index (χ4v) is 4.41. The molecule has 208 valence electrons. The van der Waals surface area contributed by atoms with Crippen molar-refractivity contribution < 1.29 is 14.3 Å². The maximum atomic E-state index is 12.1. The van der Waals surface area contributed by atoms with Gasteiger partial charge in [0.25, 0.3) is 0 Å². The lowest BCUT2D eigenvalue weighted by atomic mass is 10.0. The largest absolute Gasteiger partial charge is 0.463 e. The average Bonchev–Trinajstić information content (AvgIpc) is 2.85. The van der Waals surface area contributed by atoms with Gasteiger partial charge in [-0.25, -0.2) is 0 Å². The summed E-state index contributed by atoms with van der Waals surface area (Å²) in [7, 11) is 0. The Morgan fingerprint density at radius 2 is 1.00 bits per heavy atom. The van der Waals surface area contributed by atoms with E-state index in [1.54, 1.807) is 0 Å². The maximum Gasteiger partial charge on any atom is 0.331 e. The van der Waals surface area contributed by atoms with Crippen LogP contribution < -0.4 is 9.47 Å². The Labute approximate surface area is 225 Å². The summed E-state index contributed by atoms with van der Waals surface area (Å²) in [5, 5.41) is -0.0299. The molecule has 36 heavy (non-hydrogen) atoms. The topological polar surface area (TPSA) is 74.2 Å². The van der Waals surface area contributed by atoms with Crippen molar-refractivity contribution in [2.45, 2.75) is 155 Å². The normalized spacial score (nSPS) is 11.1. The Morgan fingerprint density at radius 1 is 0.583 bits per heavy atom. The van der Waals surface area contributed by atoms with Gasteiger partial charge in [0, 0.05) is 6.42 Å². The van der Waals surface area contributed by atoms with Crippen molar-refractivity contribution in [3.63, 3.8) is 0 Å². The first-order valence-electron chi connectivity index (χ1n) is 14.9. The number of carbonyl (C=O) groups is 1. The van der Waals surface area contributed by atoms with Crippen molar-refractivity contribution in [3.05, 3.63) is 5.28 Å². The van der Waals surface area contributed by atoms with E-state index in [0.717, 1.165) is 25.7 Å². The van der Waals surface area contributed by atoms with E-state index in [9.17, 15) is 4.79 Å². The van der Waals surface area contributed by atoms with Crippen molar-refractivity contribution in [1.29, 1.82) is 0 Å². The molecule has 0 aliphatic rings. The van der Waals surface area contributed by atoms with E-state index >= 15 is 0 Å². The lowest BCUT2D eigenvalue weighted by Crippen LogP contribution is -2.11. The third-order valence-electron chi connectivity index (χ3n) is 6.49. The summed E-state index contributed by atoms with van der Waals surface area (Å²) in [4.78, 5) is 24.1. The average molecular weight is 526 g/mol. The molecule has 7 heteroatoms. The van der Waals surface area contributed by atoms with Crippen molar-refractivity contribution >= 4 is 17.6 Å². The number of carbonyl (C=O) groups excluding carboxylic acids is 1. The van der Waals surface area contributed by atoms with Crippen molar-refractivity contribution in [2.24, 2.45) is 0 Å². The van der Waals surface area contributed by atoms with Crippen LogP contribution in [0.2, 0.25) is 5.28 Å². The maximum absolute atomic E-state index is 12.1. The zero-order valence-corrected chi connectivity index (χ0v) is 24.0. The fourth-order valence-electron chi connectivity index (χ4n) is 4.26. The first-order valence-corrected chi connectivity index (χ1v) is 15.3. The van der Waals surface area contributed by atoms with Crippen LogP contribution in [-0.2, 0) is 4.79 Å². The first kappa shape index (κ1) is 32.6. The Kier molecular flexibility index (Phi) is 21.7. The molecule has 1 aromatic rings. The standard InChI is InChI=1S/C29H52ClN3O3/c1-3-5-7-9-11-12-13-14-15-16-17-18-19-20-22-24-26(34)36-29-32-27(30)31-28(33-29)35-25-23-21-10-8-6-4-2/h3-25H2,1-2H3. The minimum absolute atomic E-state index is 0.0299. The molecule has 0 aliphatic heterocycles. The highest BCUT2D eigenvalue weighted by atomic mass is 35.5. The van der Waals surface area contributed by atoms with Crippen LogP contribution in [0.3, 0.4) is 0 Å². The molecule has 0 atom stereocenters. The summed E-state index contributed by atoms with van der Waals surface area (Å²) < 4.78 is 10.8. The van der Waals surface area contributed by atoms with Crippen LogP contribution in [0.15, 0.2) is 0 Å². The predicted molar refractivity (Wildman–Crippen MR) is 149 cm³/mol. The lowest BCUT2D eigenvalue weighted by molar-refractivity contribution is -0.135. The molecule has 0 fully saturated rings. The van der Waals surface area contributed by atoms with Gasteiger partial charge in [0.2, 0.25) is 5.28 Å². The number of hydrogen-bond donors (Lipinski definition) is 0. The van der Waals surface area contributed by atoms with Gasteiger partial charge in [0.15, 0.2) is 0 Å². The molecular weight excluding hydrogens is 474 g/mol. The summed E-state index contributed by atoms with van der Waals surface area (Å²) in [5.74, 6) is -0.339. The Hall–Kier alpha value is -1.43. The minimum Gasteiger partial charge on any atom is -0.463 e. The molecule has 1 rings (SSSR count). The Bertz CT molecular complexity index is 661. The highest BCUT2D eigenvalue weighted by Crippen LogP contribution is 2.16. The quantitative estimate of drug-likeness (QED) is 0.0934. The molecule has 0 aliphatic carbocycles. The van der Waals surface area contributed by atoms with Crippen molar-refractivity contribution in [1.82, 2.24) is 15.0 Å². The minimum atomic E-state index is -0.339. The van der Waals surface area contributed by atoms with Crippen LogP contribution in [-0.4, -0.2) is 27.5 Å². The number of aromatic nitrogens is 3. The highest BCUT2D eigenvalue weighted by Gasteiger charge is 2.12. The Morgan fingerprint density at radius 3 is 1.50 bits per heavy atom. The molecule has 1 aromatic heterocycles. The van der Waals surface area contributed by atoms with Crippen molar-refractivity contribution in [3.8, 4) is 12.0 Å². The Balaban J connectivity index is 2.02. The third-order valence-corrected chi connectivity index (χ3v) is 6.65. The predicted octanol–water partition coefficient (Wildman–Crippen LogP) is 9.43. The number of ether oxygens (including phenoxy) is 2. The molecular formula is C29H52ClN3O3. The molecule has 0 bridgehead atoms. The summed E-state index contributed by atoms with van der Waals surface area (Å²) in [6.45, 7) is 4.99. The smallest absolute Gasteiger partial charge is 0.331 e. The van der Waals surface area contributed by atoms with Gasteiger partial charge >= 0.3 is 18.0 Å². The van der Waals surface area contributed by atoms with Crippen LogP contribution >= 0.6 is 11.6 Å². The first-order chi connectivity index (χ1) is 17.7. The molecule has 0 N–H and O–H groups in total. The summed E-state index contributed by atoms with van der Waals surface area (Å²) in [6, 6.07) is 0.0252. The van der Waals surface area contributed by atoms with Gasteiger partial charge in [0.05, 0.1) is 6.61 Å². The van der Waals surface area contributed by atoms with Crippen LogP contribution in [0.4, 0.5) is 0 Å². The summed E-state index contributed by atoms with van der Waals surface area (Å²) in [6.07, 6.45) is 26.8. The molecule has 0 saturated heterocycles. The van der Waals surface area contributed by atoms with Gasteiger partial charge in [-0.1, -0.05) is 136 Å². The van der Waals surface area contributed by atoms with Gasteiger partial charge in [-0.15, -0.1) is 4.98 Å². The number of esters is 1. The molecule has 0 amide bonds. The van der Waals surface area contributed by atoms with Gasteiger partial charge < -0.3 is 9.47 Å². The van der Waals surface area contributed by atoms with Gasteiger partial charge in [-0.05, 0) is 24.4 Å². The van der Waals surface area contributed by atoms with E-state index < -0.39 is 0 Å². The fraction of sp³-hybridized carbons (Fsp3) is 0.862. The zero-order valence-electron chi connectivity index (χ0n) is 23.2. The second-order valence-electron chi connectivity index (χ2n) is 9.96. The molecule has 6 nitrogen and oxygen atoms in total. The number of rotatable bonds is 25. The number of unbranched alkanes of at least 4 members (excludes halogenated alkanes) is 19. The van der Waals surface area contributed by atoms with E-state index in [2.05, 4.69) is 28.8 Å².